The molecular weight excluding hydrogens is 1890 g/mol. The first-order chi connectivity index (χ1) is 44.7. The van der Waals surface area contributed by atoms with E-state index >= 15 is 0 Å². The summed E-state index contributed by atoms with van der Waals surface area (Å²) in [6, 6.07) is 55.1. The van der Waals surface area contributed by atoms with Crippen LogP contribution in [0.5, 0.6) is 23.0 Å². The number of rotatable bonds is 12. The maximum Gasteiger partial charge on any atom is 1.00 e. The van der Waals surface area contributed by atoms with Crippen molar-refractivity contribution in [2.45, 2.75) is 97.6 Å². The van der Waals surface area contributed by atoms with Crippen LogP contribution in [0.3, 0.4) is 0 Å². The standard InChI is InChI=1S/C20H24Br2OSi.C14H11Br2N3OS.C13H20O2Si.C7H6O2.C6H3Br3.C6H3Br2.C4H9.CH5N3S.2Li/c1-14(16-10-17(21)13-18(22)11-16)15-8-7-9-19(12-15)23-24(5,6)20(2,3)4;15-10-4-9(5-11(16)7-10)13(18-19-14(17)21)8-2-1-3-12(20)6-8;1-13(2,3)16(4,5)15-12-8-6-7-11(9-12)10-14;8-5-6-2-1-3-7(9)4-6;7-4-1-5(8)3-6(9)2-4;7-5-2-1-3-6(8)4-5;1-3-4-2;2-1(5)4-3;;/h7-13H,1H2,2-6H3;1-7,20H,(H3,17,19,21);6-10H,1-5H3;1-5,9H;1-3H;2-4H;1,3-4H2,2H3;3H2,(H3,2,4,5);;/q;;;;;2*-1;;2*+1. The molecule has 0 heterocycles. The first-order valence-electron chi connectivity index (χ1n) is 29.0. The van der Waals surface area contributed by atoms with Crippen LogP contribution in [0.15, 0.2) is 222 Å². The Balaban J connectivity index is 0. The molecule has 0 aliphatic rings. The normalized spacial score (nSPS) is 10.5. The summed E-state index contributed by atoms with van der Waals surface area (Å²) in [5.41, 5.74) is 21.3. The van der Waals surface area contributed by atoms with Crippen molar-refractivity contribution >= 4 is 219 Å². The molecule has 0 bridgehead atoms. The molecule has 0 aromatic heterocycles. The Labute approximate surface area is 693 Å². The van der Waals surface area contributed by atoms with Crippen LogP contribution in [0.4, 0.5) is 0 Å². The van der Waals surface area contributed by atoms with E-state index in [4.69, 9.17) is 37.6 Å². The minimum absolute atomic E-state index is 0. The maximum atomic E-state index is 10.7. The molecule has 12 nitrogen and oxygen atoms in total. The van der Waals surface area contributed by atoms with E-state index in [0.717, 1.165) is 92.3 Å². The number of aromatic hydroxyl groups is 2. The molecule has 0 saturated carbocycles. The average Bonchev–Trinajstić information content (AvgIpc) is 0.831. The topological polar surface area (TPSA) is 208 Å². The fraction of sp³-hybridized carbons (Fsp3) is 0.211. The molecule has 27 heteroatoms. The fourth-order valence-corrected chi connectivity index (χ4v) is 14.6. The van der Waals surface area contributed by atoms with Crippen LogP contribution in [0.1, 0.15) is 104 Å². The molecule has 98 heavy (non-hydrogen) atoms. The number of phenolic OH excluding ortho intramolecular Hbond substituents is 2. The van der Waals surface area contributed by atoms with E-state index in [1.165, 1.54) is 18.6 Å². The number of nitrogens with two attached hydrogens (primary N) is 3. The number of hydrogen-bond donors (Lipinski definition) is 7. The third kappa shape index (κ3) is 40.7. The van der Waals surface area contributed by atoms with Gasteiger partial charge in [0.05, 0.1) is 5.71 Å². The minimum atomic E-state index is -1.85. The van der Waals surface area contributed by atoms with Gasteiger partial charge in [0.15, 0.2) is 10.2 Å². The number of nitrogens with one attached hydrogen (secondary N) is 2. The van der Waals surface area contributed by atoms with E-state index in [-0.39, 0.29) is 69.5 Å². The molecule has 0 unspecified atom stereocenters. The van der Waals surface area contributed by atoms with Gasteiger partial charge in [-0.3, -0.25) is 15.0 Å². The van der Waals surface area contributed by atoms with Crippen molar-refractivity contribution in [3.05, 3.63) is 263 Å². The molecule has 516 valence electrons. The van der Waals surface area contributed by atoms with E-state index in [2.05, 4.69) is 290 Å². The smallest absolute Gasteiger partial charge is 0.543 e. The summed E-state index contributed by atoms with van der Waals surface area (Å²) in [5.74, 6) is 6.66. The number of hydrazone groups is 1. The van der Waals surface area contributed by atoms with E-state index in [0.29, 0.717) is 23.1 Å². The molecule has 0 atom stereocenters. The third-order valence-corrected chi connectivity index (χ3v) is 26.4. The van der Waals surface area contributed by atoms with Gasteiger partial charge < -0.3 is 42.9 Å². The van der Waals surface area contributed by atoms with Crippen molar-refractivity contribution in [3.63, 3.8) is 0 Å². The van der Waals surface area contributed by atoms with Gasteiger partial charge in [-0.2, -0.15) is 29.7 Å². The Morgan fingerprint density at radius 3 is 1.21 bits per heavy atom. The molecule has 0 saturated heterocycles. The predicted octanol–water partition coefficient (Wildman–Crippen LogP) is 17.6. The van der Waals surface area contributed by atoms with Crippen molar-refractivity contribution in [2.75, 3.05) is 0 Å². The average molecular weight is 1970 g/mol. The first kappa shape index (κ1) is 97.1. The number of aldehydes is 2. The van der Waals surface area contributed by atoms with Crippen molar-refractivity contribution in [3.8, 4) is 23.0 Å². The van der Waals surface area contributed by atoms with Crippen LogP contribution in [-0.4, -0.2) is 55.4 Å². The summed E-state index contributed by atoms with van der Waals surface area (Å²) in [5, 5.41) is 23.2. The van der Waals surface area contributed by atoms with Crippen LogP contribution in [0.2, 0.25) is 36.3 Å². The zero-order chi connectivity index (χ0) is 73.1. The molecule has 0 radical (unpaired) electrons. The Bertz CT molecular complexity index is 3740. The number of unbranched alkanes of at least 4 members (excludes halogenated alkanes) is 1. The van der Waals surface area contributed by atoms with Gasteiger partial charge in [0.25, 0.3) is 0 Å². The SMILES string of the molecule is Brc1c[c-]cc(Br)c1.Brc1cc(Br)cc(Br)c1.C=C(c1cc(Br)cc(Br)c1)c1cccc(O[Si](C)(C)C(C)(C)C)c1.CC(C)(C)[Si](C)(C)Oc1cccc(C=O)c1.NC(=S)NN=C(c1cccc(O)c1)c1cc(Br)cc(Br)c1.NNC(N)=S.O=Cc1cccc(O)c1.[CH2-]CCC.[Li+].[Li+]. The third-order valence-electron chi connectivity index (χ3n) is 13.3. The van der Waals surface area contributed by atoms with Gasteiger partial charge in [-0.15, -0.1) is 37.9 Å². The first-order valence-corrected chi connectivity index (χ1v) is 42.8. The molecule has 0 spiro atoms. The number of carbonyl (C=O) groups excluding carboxylic acids is 2. The molecule has 8 rings (SSSR count). The van der Waals surface area contributed by atoms with Crippen LogP contribution >= 0.6 is 168 Å². The van der Waals surface area contributed by atoms with Crippen LogP contribution in [0.25, 0.3) is 5.57 Å². The van der Waals surface area contributed by atoms with Gasteiger partial charge in [0.1, 0.15) is 35.6 Å². The number of hydrogen-bond acceptors (Lipinski definition) is 10. The number of halogens is 9. The summed E-state index contributed by atoms with van der Waals surface area (Å²) >= 11 is 39.6. The van der Waals surface area contributed by atoms with Gasteiger partial charge in [-0.25, -0.2) is 5.84 Å². The number of phenols is 2. The Morgan fingerprint density at radius 2 is 0.878 bits per heavy atom. The van der Waals surface area contributed by atoms with Crippen molar-refractivity contribution in [2.24, 2.45) is 22.4 Å². The maximum absolute atomic E-state index is 10.7. The van der Waals surface area contributed by atoms with Gasteiger partial charge in [-0.1, -0.05) is 230 Å². The van der Waals surface area contributed by atoms with Crippen LogP contribution in [-0.2, 0) is 0 Å². The summed E-state index contributed by atoms with van der Waals surface area (Å²) < 4.78 is 21.7. The zero-order valence-corrected chi connectivity index (χ0v) is 75.0. The molecular formula is C71H81Br9Li2N6O6S2Si2. The Morgan fingerprint density at radius 1 is 0.541 bits per heavy atom. The second kappa shape index (κ2) is 49.6. The quantitative estimate of drug-likeness (QED) is 0.0116. The number of hydrazine groups is 1. The van der Waals surface area contributed by atoms with Gasteiger partial charge in [0, 0.05) is 53.6 Å². The van der Waals surface area contributed by atoms with Crippen molar-refractivity contribution in [1.82, 2.24) is 10.9 Å². The predicted molar refractivity (Wildman–Crippen MR) is 447 cm³/mol. The largest absolute Gasteiger partial charge is 1.00 e. The second-order valence-electron chi connectivity index (χ2n) is 23.3. The number of nitrogens with zero attached hydrogens (tertiary/aromatic N) is 1. The van der Waals surface area contributed by atoms with Gasteiger partial charge >= 0.3 is 37.7 Å². The molecule has 8 aromatic rings. The fourth-order valence-electron chi connectivity index (χ4n) is 6.47. The van der Waals surface area contributed by atoms with E-state index < -0.39 is 16.6 Å². The number of carbonyl (C=O) groups is 2. The van der Waals surface area contributed by atoms with Gasteiger partial charge in [0.2, 0.25) is 16.6 Å². The summed E-state index contributed by atoms with van der Waals surface area (Å²) in [6.07, 6.45) is 3.82. The van der Waals surface area contributed by atoms with Crippen molar-refractivity contribution < 1.29 is 66.4 Å². The van der Waals surface area contributed by atoms with Crippen LogP contribution in [0, 0.1) is 13.0 Å². The molecule has 8 aromatic carbocycles. The van der Waals surface area contributed by atoms with E-state index in [1.807, 2.05) is 96.4 Å². The van der Waals surface area contributed by atoms with Crippen LogP contribution < -0.4 is 74.7 Å². The van der Waals surface area contributed by atoms with Crippen molar-refractivity contribution in [1.29, 1.82) is 0 Å². The molecule has 0 aliphatic carbocycles. The van der Waals surface area contributed by atoms with Gasteiger partial charge in [-0.05, 0) is 181 Å². The minimum Gasteiger partial charge on any atom is -0.543 e. The monoisotopic (exact) mass is 1960 g/mol. The Hall–Kier alpha value is -3.00. The molecule has 0 fully saturated rings. The molecule has 10 N–H and O–H groups in total. The summed E-state index contributed by atoms with van der Waals surface area (Å²) in [7, 11) is -3.64. The second-order valence-corrected chi connectivity index (χ2v) is 41.8. The number of thiocarbonyl (C=S) groups is 2. The Kier molecular flexibility index (Phi) is 49.1. The zero-order valence-electron chi connectivity index (χ0n) is 57.1. The van der Waals surface area contributed by atoms with E-state index in [9.17, 15) is 14.7 Å². The van der Waals surface area contributed by atoms with E-state index in [1.54, 1.807) is 42.5 Å². The molecule has 0 amide bonds. The molecule has 0 aliphatic heterocycles. The summed E-state index contributed by atoms with van der Waals surface area (Å²) in [4.78, 5) is 20.7. The summed E-state index contributed by atoms with van der Waals surface area (Å²) in [6.45, 7) is 32.3. The number of benzene rings is 8.